The first-order chi connectivity index (χ1) is 8.56. The molecule has 0 bridgehead atoms. The smallest absolute Gasteiger partial charge is 0.162 e. The van der Waals surface area contributed by atoms with Crippen molar-refractivity contribution in [3.63, 3.8) is 0 Å². The van der Waals surface area contributed by atoms with Crippen LogP contribution in [0.1, 0.15) is 20.3 Å². The molecule has 0 saturated carbocycles. The fraction of sp³-hybridized carbons (Fsp3) is 0.571. The summed E-state index contributed by atoms with van der Waals surface area (Å²) in [6.07, 6.45) is 1.01. The molecule has 4 nitrogen and oxygen atoms in total. The minimum Gasteiger partial charge on any atom is -0.493 e. The molecular weight excluding hydrogens is 228 g/mol. The van der Waals surface area contributed by atoms with E-state index >= 15 is 0 Å². The molecule has 1 aromatic rings. The Labute approximate surface area is 109 Å². The Morgan fingerprint density at radius 1 is 1.17 bits per heavy atom. The van der Waals surface area contributed by atoms with E-state index in [4.69, 9.17) is 15.2 Å². The standard InChI is InChI=1S/C14H24N2O2/c1-10(2)7-11(15)9-16-12-5-6-13(17-3)14(8-12)18-4/h5-6,8,10-11,16H,7,9,15H2,1-4H3. The summed E-state index contributed by atoms with van der Waals surface area (Å²) in [5.74, 6) is 2.07. The van der Waals surface area contributed by atoms with Crippen molar-refractivity contribution >= 4 is 5.69 Å². The number of nitrogens with one attached hydrogen (secondary N) is 1. The Balaban J connectivity index is 2.57. The molecule has 4 heteroatoms. The van der Waals surface area contributed by atoms with Gasteiger partial charge in [0.15, 0.2) is 11.5 Å². The van der Waals surface area contributed by atoms with Gasteiger partial charge in [-0.15, -0.1) is 0 Å². The second-order valence-corrected chi connectivity index (χ2v) is 4.84. The molecule has 0 saturated heterocycles. The van der Waals surface area contributed by atoms with E-state index in [1.807, 2.05) is 18.2 Å². The van der Waals surface area contributed by atoms with E-state index in [-0.39, 0.29) is 6.04 Å². The van der Waals surface area contributed by atoms with Crippen LogP contribution in [-0.4, -0.2) is 26.8 Å². The summed E-state index contributed by atoms with van der Waals surface area (Å²) in [6, 6.07) is 5.93. The van der Waals surface area contributed by atoms with Crippen LogP contribution in [0.2, 0.25) is 0 Å². The van der Waals surface area contributed by atoms with Gasteiger partial charge in [-0.25, -0.2) is 0 Å². The van der Waals surface area contributed by atoms with Crippen LogP contribution >= 0.6 is 0 Å². The van der Waals surface area contributed by atoms with Gasteiger partial charge in [-0.1, -0.05) is 13.8 Å². The molecular formula is C14H24N2O2. The van der Waals surface area contributed by atoms with Crippen LogP contribution in [0.15, 0.2) is 18.2 Å². The van der Waals surface area contributed by atoms with Gasteiger partial charge in [-0.3, -0.25) is 0 Å². The predicted octanol–water partition coefficient (Wildman–Crippen LogP) is 2.49. The highest BCUT2D eigenvalue weighted by Gasteiger charge is 2.07. The van der Waals surface area contributed by atoms with Crippen molar-refractivity contribution < 1.29 is 9.47 Å². The first-order valence-electron chi connectivity index (χ1n) is 6.28. The zero-order valence-electron chi connectivity index (χ0n) is 11.7. The van der Waals surface area contributed by atoms with Crippen LogP contribution in [0.3, 0.4) is 0 Å². The molecule has 0 heterocycles. The van der Waals surface area contributed by atoms with Crippen molar-refractivity contribution in [1.29, 1.82) is 0 Å². The SMILES string of the molecule is COc1ccc(NCC(N)CC(C)C)cc1OC. The second kappa shape index (κ2) is 7.11. The number of anilines is 1. The minimum atomic E-state index is 0.165. The van der Waals surface area contributed by atoms with Crippen molar-refractivity contribution in [2.45, 2.75) is 26.3 Å². The summed E-state index contributed by atoms with van der Waals surface area (Å²) in [4.78, 5) is 0. The van der Waals surface area contributed by atoms with E-state index in [1.54, 1.807) is 14.2 Å². The molecule has 0 amide bonds. The lowest BCUT2D eigenvalue weighted by Gasteiger charge is -2.16. The number of hydrogen-bond donors (Lipinski definition) is 2. The number of nitrogens with two attached hydrogens (primary N) is 1. The summed E-state index contributed by atoms with van der Waals surface area (Å²) < 4.78 is 10.4. The van der Waals surface area contributed by atoms with Crippen LogP contribution in [0, 0.1) is 5.92 Å². The molecule has 1 rings (SSSR count). The molecule has 1 aromatic carbocycles. The zero-order chi connectivity index (χ0) is 13.5. The summed E-state index contributed by atoms with van der Waals surface area (Å²) in [6.45, 7) is 5.11. The minimum absolute atomic E-state index is 0.165. The predicted molar refractivity (Wildman–Crippen MR) is 75.5 cm³/mol. The highest BCUT2D eigenvalue weighted by molar-refractivity contribution is 5.54. The number of benzene rings is 1. The average Bonchev–Trinajstić information content (AvgIpc) is 2.35. The zero-order valence-corrected chi connectivity index (χ0v) is 11.7. The second-order valence-electron chi connectivity index (χ2n) is 4.84. The van der Waals surface area contributed by atoms with Crippen molar-refractivity contribution in [3.8, 4) is 11.5 Å². The fourth-order valence-corrected chi connectivity index (χ4v) is 1.88. The van der Waals surface area contributed by atoms with Crippen molar-refractivity contribution in [3.05, 3.63) is 18.2 Å². The summed E-state index contributed by atoms with van der Waals surface area (Å²) in [5, 5.41) is 3.32. The monoisotopic (exact) mass is 252 g/mol. The first kappa shape index (κ1) is 14.6. The van der Waals surface area contributed by atoms with Crippen molar-refractivity contribution in [2.75, 3.05) is 26.1 Å². The Morgan fingerprint density at radius 2 is 1.83 bits per heavy atom. The molecule has 1 atom stereocenters. The summed E-state index contributed by atoms with van der Waals surface area (Å²) >= 11 is 0. The summed E-state index contributed by atoms with van der Waals surface area (Å²) in [5.41, 5.74) is 7.02. The molecule has 0 aliphatic carbocycles. The largest absolute Gasteiger partial charge is 0.493 e. The summed E-state index contributed by atoms with van der Waals surface area (Å²) in [7, 11) is 3.26. The molecule has 0 fully saturated rings. The molecule has 0 aliphatic rings. The molecule has 0 aliphatic heterocycles. The molecule has 102 valence electrons. The van der Waals surface area contributed by atoms with Crippen LogP contribution in [0.25, 0.3) is 0 Å². The number of ether oxygens (including phenoxy) is 2. The van der Waals surface area contributed by atoms with Gasteiger partial charge in [0, 0.05) is 24.3 Å². The van der Waals surface area contributed by atoms with E-state index in [9.17, 15) is 0 Å². The quantitative estimate of drug-likeness (QED) is 0.783. The Hall–Kier alpha value is -1.42. The Morgan fingerprint density at radius 3 is 2.39 bits per heavy atom. The molecule has 18 heavy (non-hydrogen) atoms. The highest BCUT2D eigenvalue weighted by atomic mass is 16.5. The fourth-order valence-electron chi connectivity index (χ4n) is 1.88. The van der Waals surface area contributed by atoms with Gasteiger partial charge in [0.2, 0.25) is 0 Å². The van der Waals surface area contributed by atoms with E-state index in [1.165, 1.54) is 0 Å². The third-order valence-electron chi connectivity index (χ3n) is 2.73. The maximum absolute atomic E-state index is 6.03. The van der Waals surface area contributed by atoms with Crippen LogP contribution in [0.5, 0.6) is 11.5 Å². The van der Waals surface area contributed by atoms with Gasteiger partial charge >= 0.3 is 0 Å². The molecule has 1 unspecified atom stereocenters. The first-order valence-corrected chi connectivity index (χ1v) is 6.28. The average molecular weight is 252 g/mol. The van der Waals surface area contributed by atoms with Gasteiger partial charge in [-0.2, -0.15) is 0 Å². The lowest BCUT2D eigenvalue weighted by atomic mass is 10.0. The molecule has 0 aromatic heterocycles. The Bertz CT molecular complexity index is 367. The topological polar surface area (TPSA) is 56.5 Å². The molecule has 3 N–H and O–H groups in total. The third-order valence-corrected chi connectivity index (χ3v) is 2.73. The van der Waals surface area contributed by atoms with E-state index in [0.29, 0.717) is 5.92 Å². The van der Waals surface area contributed by atoms with Gasteiger partial charge in [0.1, 0.15) is 0 Å². The third kappa shape index (κ3) is 4.45. The maximum Gasteiger partial charge on any atom is 0.162 e. The number of hydrogen-bond acceptors (Lipinski definition) is 4. The van der Waals surface area contributed by atoms with E-state index in [0.717, 1.165) is 30.2 Å². The molecule has 0 radical (unpaired) electrons. The van der Waals surface area contributed by atoms with Gasteiger partial charge in [0.25, 0.3) is 0 Å². The Kier molecular flexibility index (Phi) is 5.78. The van der Waals surface area contributed by atoms with E-state index < -0.39 is 0 Å². The van der Waals surface area contributed by atoms with Crippen molar-refractivity contribution in [2.24, 2.45) is 11.7 Å². The number of methoxy groups -OCH3 is 2. The van der Waals surface area contributed by atoms with Gasteiger partial charge in [0.05, 0.1) is 14.2 Å². The van der Waals surface area contributed by atoms with Gasteiger partial charge < -0.3 is 20.5 Å². The number of rotatable bonds is 7. The lowest BCUT2D eigenvalue weighted by molar-refractivity contribution is 0.355. The highest BCUT2D eigenvalue weighted by Crippen LogP contribution is 2.29. The normalized spacial score (nSPS) is 12.3. The molecule has 0 spiro atoms. The van der Waals surface area contributed by atoms with Gasteiger partial charge in [-0.05, 0) is 24.5 Å². The van der Waals surface area contributed by atoms with Crippen LogP contribution in [-0.2, 0) is 0 Å². The van der Waals surface area contributed by atoms with Crippen LogP contribution < -0.4 is 20.5 Å². The lowest BCUT2D eigenvalue weighted by Crippen LogP contribution is -2.30. The van der Waals surface area contributed by atoms with Crippen LogP contribution in [0.4, 0.5) is 5.69 Å². The van der Waals surface area contributed by atoms with E-state index in [2.05, 4.69) is 19.2 Å². The maximum atomic E-state index is 6.03. The van der Waals surface area contributed by atoms with Crippen molar-refractivity contribution in [1.82, 2.24) is 0 Å².